The van der Waals surface area contributed by atoms with E-state index in [0.717, 1.165) is 17.0 Å². The molecule has 1 aliphatic rings. The van der Waals surface area contributed by atoms with Crippen LogP contribution in [0.3, 0.4) is 0 Å². The van der Waals surface area contributed by atoms with E-state index in [4.69, 9.17) is 14.0 Å². The van der Waals surface area contributed by atoms with Crippen LogP contribution in [0, 0.1) is 5.82 Å². The van der Waals surface area contributed by atoms with Gasteiger partial charge in [-0.05, 0) is 29.8 Å². The quantitative estimate of drug-likeness (QED) is 0.522. The van der Waals surface area contributed by atoms with Crippen molar-refractivity contribution in [2.75, 3.05) is 7.11 Å². The molecule has 0 bridgehead atoms. The molecule has 0 aliphatic carbocycles. The van der Waals surface area contributed by atoms with Gasteiger partial charge in [0.05, 0.1) is 37.8 Å². The van der Waals surface area contributed by atoms with Gasteiger partial charge in [-0.2, -0.15) is 4.98 Å². The van der Waals surface area contributed by atoms with E-state index in [1.54, 1.807) is 31.6 Å². The predicted octanol–water partition coefficient (Wildman–Crippen LogP) is 4.02. The van der Waals surface area contributed by atoms with E-state index in [1.807, 2.05) is 28.8 Å². The predicted molar refractivity (Wildman–Crippen MR) is 101 cm³/mol. The SMILES string of the molecule is COc1ccc([C@@H]2Cn3cnc(-c4nc(-c5ccccc5F)no4)c3CO2)cc1. The van der Waals surface area contributed by atoms with Gasteiger partial charge in [0.1, 0.15) is 17.7 Å². The molecule has 5 rings (SSSR count). The van der Waals surface area contributed by atoms with Crippen molar-refractivity contribution in [3.8, 4) is 28.7 Å². The molecular weight excluding hydrogens is 375 g/mol. The van der Waals surface area contributed by atoms with E-state index in [9.17, 15) is 4.39 Å². The van der Waals surface area contributed by atoms with Gasteiger partial charge in [0.25, 0.3) is 5.89 Å². The van der Waals surface area contributed by atoms with Crippen LogP contribution >= 0.6 is 0 Å². The van der Waals surface area contributed by atoms with Gasteiger partial charge in [0.15, 0.2) is 5.69 Å². The molecule has 0 unspecified atom stereocenters. The number of hydrogen-bond acceptors (Lipinski definition) is 6. The average molecular weight is 392 g/mol. The Kier molecular flexibility index (Phi) is 4.33. The molecule has 146 valence electrons. The van der Waals surface area contributed by atoms with Crippen LogP contribution in [-0.2, 0) is 17.9 Å². The molecule has 0 amide bonds. The highest BCUT2D eigenvalue weighted by Crippen LogP contribution is 2.32. The molecule has 0 radical (unpaired) electrons. The monoisotopic (exact) mass is 392 g/mol. The van der Waals surface area contributed by atoms with Gasteiger partial charge in [0, 0.05) is 0 Å². The summed E-state index contributed by atoms with van der Waals surface area (Å²) in [6.07, 6.45) is 1.64. The van der Waals surface area contributed by atoms with Crippen LogP contribution < -0.4 is 4.74 Å². The summed E-state index contributed by atoms with van der Waals surface area (Å²) in [5.41, 5.74) is 2.74. The Labute approximate surface area is 165 Å². The van der Waals surface area contributed by atoms with Crippen molar-refractivity contribution in [3.63, 3.8) is 0 Å². The van der Waals surface area contributed by atoms with Gasteiger partial charge in [-0.15, -0.1) is 0 Å². The lowest BCUT2D eigenvalue weighted by Gasteiger charge is -2.25. The lowest BCUT2D eigenvalue weighted by molar-refractivity contribution is 0.00328. The second-order valence-electron chi connectivity index (χ2n) is 6.67. The van der Waals surface area contributed by atoms with Crippen molar-refractivity contribution in [1.29, 1.82) is 0 Å². The molecule has 29 heavy (non-hydrogen) atoms. The number of benzene rings is 2. The molecule has 2 aromatic carbocycles. The third-order valence-electron chi connectivity index (χ3n) is 4.96. The summed E-state index contributed by atoms with van der Waals surface area (Å²) in [5.74, 6) is 0.825. The molecule has 7 nitrogen and oxygen atoms in total. The van der Waals surface area contributed by atoms with E-state index in [0.29, 0.717) is 18.8 Å². The van der Waals surface area contributed by atoms with Crippen LogP contribution in [0.2, 0.25) is 0 Å². The Morgan fingerprint density at radius 2 is 1.97 bits per heavy atom. The Morgan fingerprint density at radius 1 is 1.14 bits per heavy atom. The largest absolute Gasteiger partial charge is 0.497 e. The van der Waals surface area contributed by atoms with E-state index < -0.39 is 5.82 Å². The summed E-state index contributed by atoms with van der Waals surface area (Å²) in [6, 6.07) is 14.1. The summed E-state index contributed by atoms with van der Waals surface area (Å²) in [4.78, 5) is 8.75. The first-order chi connectivity index (χ1) is 14.2. The molecule has 1 atom stereocenters. The first kappa shape index (κ1) is 17.6. The maximum absolute atomic E-state index is 14.0. The molecule has 2 aromatic heterocycles. The highest BCUT2D eigenvalue weighted by molar-refractivity contribution is 5.59. The minimum Gasteiger partial charge on any atom is -0.497 e. The fraction of sp³-hybridized carbons (Fsp3) is 0.190. The van der Waals surface area contributed by atoms with Crippen molar-refractivity contribution in [2.24, 2.45) is 0 Å². The van der Waals surface area contributed by atoms with Crippen LogP contribution in [0.15, 0.2) is 59.4 Å². The van der Waals surface area contributed by atoms with Crippen molar-refractivity contribution in [3.05, 3.63) is 71.9 Å². The average Bonchev–Trinajstić information content (AvgIpc) is 3.40. The summed E-state index contributed by atoms with van der Waals surface area (Å²) in [7, 11) is 1.64. The van der Waals surface area contributed by atoms with Crippen LogP contribution in [0.5, 0.6) is 5.75 Å². The van der Waals surface area contributed by atoms with Crippen LogP contribution in [0.4, 0.5) is 4.39 Å². The summed E-state index contributed by atoms with van der Waals surface area (Å²) >= 11 is 0. The molecule has 0 saturated carbocycles. The number of fused-ring (bicyclic) bond motifs is 1. The highest BCUT2D eigenvalue weighted by atomic mass is 19.1. The van der Waals surface area contributed by atoms with Gasteiger partial charge in [-0.25, -0.2) is 9.37 Å². The Morgan fingerprint density at radius 3 is 2.76 bits per heavy atom. The highest BCUT2D eigenvalue weighted by Gasteiger charge is 2.27. The first-order valence-electron chi connectivity index (χ1n) is 9.11. The van der Waals surface area contributed by atoms with Gasteiger partial charge in [-0.1, -0.05) is 29.4 Å². The third kappa shape index (κ3) is 3.17. The van der Waals surface area contributed by atoms with Gasteiger partial charge in [-0.3, -0.25) is 0 Å². The van der Waals surface area contributed by atoms with E-state index in [2.05, 4.69) is 15.1 Å². The van der Waals surface area contributed by atoms with Crippen molar-refractivity contribution in [2.45, 2.75) is 19.3 Å². The number of nitrogens with zero attached hydrogens (tertiary/aromatic N) is 4. The topological polar surface area (TPSA) is 75.2 Å². The zero-order chi connectivity index (χ0) is 19.8. The smallest absolute Gasteiger partial charge is 0.278 e. The molecule has 0 N–H and O–H groups in total. The van der Waals surface area contributed by atoms with Crippen molar-refractivity contribution in [1.82, 2.24) is 19.7 Å². The minimum atomic E-state index is -0.405. The second kappa shape index (κ2) is 7.14. The minimum absolute atomic E-state index is 0.0906. The maximum atomic E-state index is 14.0. The van der Waals surface area contributed by atoms with Crippen molar-refractivity contribution < 1.29 is 18.4 Å². The fourth-order valence-corrected chi connectivity index (χ4v) is 3.40. The lowest BCUT2D eigenvalue weighted by Crippen LogP contribution is -2.20. The van der Waals surface area contributed by atoms with Crippen LogP contribution in [-0.4, -0.2) is 26.8 Å². The van der Waals surface area contributed by atoms with E-state index >= 15 is 0 Å². The first-order valence-corrected chi connectivity index (χ1v) is 9.11. The fourth-order valence-electron chi connectivity index (χ4n) is 3.40. The normalized spacial score (nSPS) is 15.9. The molecule has 8 heteroatoms. The van der Waals surface area contributed by atoms with E-state index in [-0.39, 0.29) is 23.4 Å². The Hall–Kier alpha value is -3.52. The van der Waals surface area contributed by atoms with Crippen LogP contribution in [0.1, 0.15) is 17.4 Å². The Bertz CT molecular complexity index is 1150. The second-order valence-corrected chi connectivity index (χ2v) is 6.67. The van der Waals surface area contributed by atoms with Gasteiger partial charge in [0.2, 0.25) is 5.82 Å². The Balaban J connectivity index is 1.40. The number of rotatable bonds is 4. The van der Waals surface area contributed by atoms with Gasteiger partial charge >= 0.3 is 0 Å². The molecule has 3 heterocycles. The van der Waals surface area contributed by atoms with Crippen LogP contribution in [0.25, 0.3) is 23.0 Å². The summed E-state index contributed by atoms with van der Waals surface area (Å²) in [5, 5.41) is 3.90. The number of aromatic nitrogens is 4. The summed E-state index contributed by atoms with van der Waals surface area (Å²) in [6.45, 7) is 0.965. The zero-order valence-corrected chi connectivity index (χ0v) is 15.6. The molecule has 0 fully saturated rings. The van der Waals surface area contributed by atoms with E-state index in [1.165, 1.54) is 6.07 Å². The van der Waals surface area contributed by atoms with Gasteiger partial charge < -0.3 is 18.6 Å². The van der Waals surface area contributed by atoms with Crippen molar-refractivity contribution >= 4 is 0 Å². The summed E-state index contributed by atoms with van der Waals surface area (Å²) < 4.78 is 32.6. The standard InChI is InChI=1S/C21H17FN4O3/c1-27-14-8-6-13(7-9-14)18-10-26-12-23-19(17(26)11-28-18)21-24-20(25-29-21)15-4-2-3-5-16(15)22/h2-9,12,18H,10-11H2,1H3/t18-/m0/s1. The third-order valence-corrected chi connectivity index (χ3v) is 4.96. The number of halogens is 1. The number of hydrogen-bond donors (Lipinski definition) is 0. The molecular formula is C21H17FN4O3. The number of methoxy groups -OCH3 is 1. The molecule has 0 spiro atoms. The molecule has 4 aromatic rings. The molecule has 1 aliphatic heterocycles. The number of ether oxygens (including phenoxy) is 2. The maximum Gasteiger partial charge on any atom is 0.278 e. The zero-order valence-electron chi connectivity index (χ0n) is 15.6. The lowest BCUT2D eigenvalue weighted by atomic mass is 10.1. The molecule has 0 saturated heterocycles. The number of imidazole rings is 1.